The molecule has 0 unspecified atom stereocenters. The molecule has 1 aliphatic heterocycles. The normalized spacial score (nSPS) is 15.7. The van der Waals surface area contributed by atoms with Gasteiger partial charge in [-0.2, -0.15) is 17.5 Å². The van der Waals surface area contributed by atoms with Gasteiger partial charge in [-0.1, -0.05) is 23.2 Å². The number of carbonyl (C=O) groups excluding carboxylic acids is 1. The van der Waals surface area contributed by atoms with E-state index >= 15 is 0 Å². The fourth-order valence-electron chi connectivity index (χ4n) is 2.88. The summed E-state index contributed by atoms with van der Waals surface area (Å²) in [6, 6.07) is 6.61. The van der Waals surface area contributed by atoms with E-state index in [9.17, 15) is 26.4 Å². The Hall–Kier alpha value is -2.08. The Morgan fingerprint density at radius 1 is 1.10 bits per heavy atom. The van der Waals surface area contributed by atoms with E-state index < -0.39 is 28.7 Å². The number of ether oxygens (including phenoxy) is 1. The van der Waals surface area contributed by atoms with Gasteiger partial charge in [0.15, 0.2) is 6.61 Å². The third-order valence-electron chi connectivity index (χ3n) is 4.40. The lowest BCUT2D eigenvalue weighted by Crippen LogP contribution is -2.50. The van der Waals surface area contributed by atoms with Crippen LogP contribution in [0.5, 0.6) is 5.88 Å². The van der Waals surface area contributed by atoms with Crippen LogP contribution in [-0.2, 0) is 10.0 Å². The molecule has 13 heteroatoms. The maximum Gasteiger partial charge on any atom is 0.422 e. The molecule has 1 aromatic carbocycles. The number of aromatic nitrogens is 1. The summed E-state index contributed by atoms with van der Waals surface area (Å²) in [7, 11) is -3.89. The molecule has 2 heterocycles. The van der Waals surface area contributed by atoms with E-state index in [0.717, 1.165) is 6.20 Å². The van der Waals surface area contributed by atoms with E-state index in [0.29, 0.717) is 0 Å². The average molecular weight is 498 g/mol. The van der Waals surface area contributed by atoms with Crippen LogP contribution >= 0.6 is 23.2 Å². The lowest BCUT2D eigenvalue weighted by Gasteiger charge is -2.34. The van der Waals surface area contributed by atoms with Gasteiger partial charge in [-0.05, 0) is 24.3 Å². The largest absolute Gasteiger partial charge is 0.468 e. The predicted molar refractivity (Wildman–Crippen MR) is 107 cm³/mol. The molecule has 1 aliphatic rings. The molecule has 2 aromatic rings. The summed E-state index contributed by atoms with van der Waals surface area (Å²) in [6.07, 6.45) is -3.38. The van der Waals surface area contributed by atoms with Crippen LogP contribution in [0.15, 0.2) is 41.4 Å². The van der Waals surface area contributed by atoms with Crippen molar-refractivity contribution in [2.24, 2.45) is 0 Å². The summed E-state index contributed by atoms with van der Waals surface area (Å²) in [6.45, 7) is -1.18. The monoisotopic (exact) mass is 497 g/mol. The molecule has 0 N–H and O–H groups in total. The number of sulfonamides is 1. The number of piperazine rings is 1. The Morgan fingerprint density at radius 2 is 1.77 bits per heavy atom. The number of benzene rings is 1. The zero-order valence-electron chi connectivity index (χ0n) is 15.8. The van der Waals surface area contributed by atoms with Gasteiger partial charge in [0.05, 0.1) is 10.6 Å². The van der Waals surface area contributed by atoms with Gasteiger partial charge >= 0.3 is 6.18 Å². The number of rotatable bonds is 5. The molecule has 1 saturated heterocycles. The van der Waals surface area contributed by atoms with Crippen molar-refractivity contribution in [2.75, 3.05) is 32.8 Å². The summed E-state index contributed by atoms with van der Waals surface area (Å²) >= 11 is 11.9. The third kappa shape index (κ3) is 5.79. The zero-order chi connectivity index (χ0) is 22.8. The Labute approximate surface area is 186 Å². The first-order chi connectivity index (χ1) is 14.5. The highest BCUT2D eigenvalue weighted by molar-refractivity contribution is 7.89. The molecule has 0 radical (unpaired) electrons. The summed E-state index contributed by atoms with van der Waals surface area (Å²) in [5.74, 6) is -0.684. The van der Waals surface area contributed by atoms with Crippen LogP contribution in [0.4, 0.5) is 13.2 Å². The summed E-state index contributed by atoms with van der Waals surface area (Å²) in [5, 5.41) is 0.272. The maximum absolute atomic E-state index is 12.9. The number of hydrogen-bond donors (Lipinski definition) is 0. The molecule has 0 bridgehead atoms. The van der Waals surface area contributed by atoms with Crippen molar-refractivity contribution in [1.82, 2.24) is 14.2 Å². The Bertz CT molecular complexity index is 1060. The molecule has 3 rings (SSSR count). The molecule has 31 heavy (non-hydrogen) atoms. The zero-order valence-corrected chi connectivity index (χ0v) is 18.1. The number of alkyl halides is 3. The van der Waals surface area contributed by atoms with Crippen molar-refractivity contribution in [2.45, 2.75) is 11.1 Å². The SMILES string of the molecule is O=C(c1ccc(OCC(F)(F)F)nc1)N1CCN(S(=O)(=O)c2cc(Cl)ccc2Cl)CC1. The van der Waals surface area contributed by atoms with Crippen molar-refractivity contribution in [3.05, 3.63) is 52.1 Å². The van der Waals surface area contributed by atoms with Crippen LogP contribution in [0.3, 0.4) is 0 Å². The molecular formula is C18H16Cl2F3N3O4S. The molecule has 1 fully saturated rings. The number of nitrogens with zero attached hydrogens (tertiary/aromatic N) is 3. The first kappa shape index (κ1) is 23.6. The van der Waals surface area contributed by atoms with E-state index in [2.05, 4.69) is 9.72 Å². The predicted octanol–water partition coefficient (Wildman–Crippen LogP) is 3.48. The standard InChI is InChI=1S/C18H16Cl2F3N3O4S/c19-13-2-3-14(20)15(9-13)31(28,29)26-7-5-25(6-8-26)17(27)12-1-4-16(24-10-12)30-11-18(21,22)23/h1-4,9-10H,5-8,11H2. The van der Waals surface area contributed by atoms with Crippen LogP contribution in [0.25, 0.3) is 0 Å². The highest BCUT2D eigenvalue weighted by Crippen LogP contribution is 2.28. The van der Waals surface area contributed by atoms with Crippen LogP contribution in [0, 0.1) is 0 Å². The van der Waals surface area contributed by atoms with E-state index in [-0.39, 0.29) is 52.6 Å². The highest BCUT2D eigenvalue weighted by Gasteiger charge is 2.32. The van der Waals surface area contributed by atoms with Crippen LogP contribution in [0.1, 0.15) is 10.4 Å². The number of carbonyl (C=O) groups is 1. The van der Waals surface area contributed by atoms with E-state index in [1.165, 1.54) is 39.5 Å². The maximum atomic E-state index is 12.9. The molecular weight excluding hydrogens is 482 g/mol. The molecule has 1 aromatic heterocycles. The lowest BCUT2D eigenvalue weighted by molar-refractivity contribution is -0.154. The number of halogens is 5. The van der Waals surface area contributed by atoms with E-state index in [1.807, 2.05) is 0 Å². The Morgan fingerprint density at radius 3 is 2.35 bits per heavy atom. The lowest BCUT2D eigenvalue weighted by atomic mass is 10.2. The minimum absolute atomic E-state index is 0.0388. The fraction of sp³-hybridized carbons (Fsp3) is 0.333. The Kier molecular flexibility index (Phi) is 6.99. The average Bonchev–Trinajstić information content (AvgIpc) is 2.73. The summed E-state index contributed by atoms with van der Waals surface area (Å²) < 4.78 is 68.0. The molecule has 1 amide bonds. The molecule has 7 nitrogen and oxygen atoms in total. The van der Waals surface area contributed by atoms with Crippen molar-refractivity contribution in [1.29, 1.82) is 0 Å². The molecule has 0 saturated carbocycles. The first-order valence-corrected chi connectivity index (χ1v) is 11.1. The number of amides is 1. The van der Waals surface area contributed by atoms with Gasteiger partial charge in [0.25, 0.3) is 5.91 Å². The molecule has 0 atom stereocenters. The summed E-state index contributed by atoms with van der Waals surface area (Å²) in [4.78, 5) is 17.6. The van der Waals surface area contributed by atoms with Crippen molar-refractivity contribution in [3.8, 4) is 5.88 Å². The van der Waals surface area contributed by atoms with Crippen LogP contribution in [-0.4, -0.2) is 67.5 Å². The second kappa shape index (κ2) is 9.19. The van der Waals surface area contributed by atoms with Gasteiger partial charge < -0.3 is 9.64 Å². The van der Waals surface area contributed by atoms with Gasteiger partial charge in [-0.15, -0.1) is 0 Å². The quantitative estimate of drug-likeness (QED) is 0.631. The summed E-state index contributed by atoms with van der Waals surface area (Å²) in [5.41, 5.74) is 0.147. The van der Waals surface area contributed by atoms with Gasteiger partial charge in [-0.3, -0.25) is 4.79 Å². The van der Waals surface area contributed by atoms with Crippen molar-refractivity contribution < 1.29 is 31.1 Å². The Balaban J connectivity index is 1.62. The molecule has 0 aliphatic carbocycles. The van der Waals surface area contributed by atoms with Crippen LogP contribution < -0.4 is 4.74 Å². The number of hydrogen-bond acceptors (Lipinski definition) is 5. The molecule has 168 valence electrons. The number of pyridine rings is 1. The van der Waals surface area contributed by atoms with Gasteiger partial charge in [0.1, 0.15) is 4.90 Å². The molecule has 0 spiro atoms. The van der Waals surface area contributed by atoms with Gasteiger partial charge in [-0.25, -0.2) is 13.4 Å². The van der Waals surface area contributed by atoms with Gasteiger partial charge in [0, 0.05) is 43.5 Å². The minimum atomic E-state index is -4.49. The smallest absolute Gasteiger partial charge is 0.422 e. The topological polar surface area (TPSA) is 79.8 Å². The van der Waals surface area contributed by atoms with Gasteiger partial charge in [0.2, 0.25) is 15.9 Å². The van der Waals surface area contributed by atoms with E-state index in [1.54, 1.807) is 0 Å². The first-order valence-electron chi connectivity index (χ1n) is 8.87. The van der Waals surface area contributed by atoms with Crippen molar-refractivity contribution in [3.63, 3.8) is 0 Å². The fourth-order valence-corrected chi connectivity index (χ4v) is 5.04. The second-order valence-corrected chi connectivity index (χ2v) is 9.31. The second-order valence-electron chi connectivity index (χ2n) is 6.56. The van der Waals surface area contributed by atoms with E-state index in [4.69, 9.17) is 23.2 Å². The third-order valence-corrected chi connectivity index (χ3v) is 7.02. The minimum Gasteiger partial charge on any atom is -0.468 e. The van der Waals surface area contributed by atoms with Crippen molar-refractivity contribution >= 4 is 39.1 Å². The van der Waals surface area contributed by atoms with Crippen LogP contribution in [0.2, 0.25) is 10.0 Å². The highest BCUT2D eigenvalue weighted by atomic mass is 35.5.